The Kier molecular flexibility index (Phi) is 4.39. The van der Waals surface area contributed by atoms with Crippen molar-refractivity contribution in [1.82, 2.24) is 5.32 Å². The van der Waals surface area contributed by atoms with Gasteiger partial charge >= 0.3 is 0 Å². The topological polar surface area (TPSA) is 58.6 Å². The van der Waals surface area contributed by atoms with Crippen molar-refractivity contribution in [3.63, 3.8) is 0 Å². The number of aliphatic hydroxyl groups is 1. The van der Waals surface area contributed by atoms with E-state index in [2.05, 4.69) is 5.32 Å². The van der Waals surface area contributed by atoms with Crippen molar-refractivity contribution < 1.29 is 14.6 Å². The van der Waals surface area contributed by atoms with Crippen molar-refractivity contribution in [2.75, 3.05) is 6.61 Å². The molecule has 2 N–H and O–H groups in total. The molecule has 4 heteroatoms. The number of fused-ring (bicyclic) bond motifs is 1. The average molecular weight is 297 g/mol. The smallest absolute Gasteiger partial charge is 0.223 e. The zero-order valence-electron chi connectivity index (χ0n) is 12.2. The maximum atomic E-state index is 12.2. The van der Waals surface area contributed by atoms with Crippen LogP contribution in [0.4, 0.5) is 0 Å². The molecular weight excluding hydrogens is 278 g/mol. The van der Waals surface area contributed by atoms with Gasteiger partial charge in [0.15, 0.2) is 0 Å². The summed E-state index contributed by atoms with van der Waals surface area (Å²) >= 11 is 0. The minimum absolute atomic E-state index is 0.0552. The third kappa shape index (κ3) is 3.28. The first-order chi connectivity index (χ1) is 10.7. The van der Waals surface area contributed by atoms with Crippen molar-refractivity contribution in [3.05, 3.63) is 65.7 Å². The van der Waals surface area contributed by atoms with Gasteiger partial charge < -0.3 is 15.2 Å². The quantitative estimate of drug-likeness (QED) is 0.912. The maximum absolute atomic E-state index is 12.2. The number of carbonyl (C=O) groups is 1. The van der Waals surface area contributed by atoms with E-state index >= 15 is 0 Å². The lowest BCUT2D eigenvalue weighted by Gasteiger charge is -2.27. The second kappa shape index (κ2) is 6.62. The zero-order chi connectivity index (χ0) is 15.4. The van der Waals surface area contributed by atoms with E-state index in [1.807, 2.05) is 54.6 Å². The van der Waals surface area contributed by atoms with E-state index in [0.29, 0.717) is 6.61 Å². The van der Waals surface area contributed by atoms with Crippen LogP contribution in [0.1, 0.15) is 36.1 Å². The number of amides is 1. The Balaban J connectivity index is 1.63. The molecule has 1 aliphatic heterocycles. The predicted molar refractivity (Wildman–Crippen MR) is 83.5 cm³/mol. The number of hydrogen-bond acceptors (Lipinski definition) is 3. The molecule has 2 aromatic carbocycles. The van der Waals surface area contributed by atoms with Crippen molar-refractivity contribution in [1.29, 1.82) is 0 Å². The summed E-state index contributed by atoms with van der Waals surface area (Å²) in [5.41, 5.74) is 1.75. The Labute approximate surface area is 129 Å². The highest BCUT2D eigenvalue weighted by atomic mass is 16.5. The zero-order valence-corrected chi connectivity index (χ0v) is 12.2. The minimum atomic E-state index is -0.781. The lowest BCUT2D eigenvalue weighted by molar-refractivity contribution is -0.124. The van der Waals surface area contributed by atoms with Crippen LogP contribution in [0.15, 0.2) is 54.6 Å². The molecule has 0 saturated carbocycles. The summed E-state index contributed by atoms with van der Waals surface area (Å²) < 4.78 is 5.58. The number of ether oxygens (including phenoxy) is 1. The summed E-state index contributed by atoms with van der Waals surface area (Å²) in [6.45, 7) is 0.587. The van der Waals surface area contributed by atoms with Crippen LogP contribution < -0.4 is 10.1 Å². The van der Waals surface area contributed by atoms with Gasteiger partial charge in [-0.1, -0.05) is 48.5 Å². The maximum Gasteiger partial charge on any atom is 0.223 e. The van der Waals surface area contributed by atoms with Crippen LogP contribution in [0.2, 0.25) is 0 Å². The first-order valence-corrected chi connectivity index (χ1v) is 7.48. The average Bonchev–Trinajstić information content (AvgIpc) is 2.56. The Morgan fingerprint density at radius 1 is 1.18 bits per heavy atom. The number of para-hydroxylation sites is 1. The van der Waals surface area contributed by atoms with Crippen molar-refractivity contribution in [2.45, 2.75) is 25.0 Å². The number of nitrogens with one attached hydrogen (secondary N) is 1. The van der Waals surface area contributed by atoms with E-state index in [1.54, 1.807) is 0 Å². The number of carbonyl (C=O) groups excluding carboxylic acids is 1. The molecular formula is C18H19NO3. The second-order valence-electron chi connectivity index (χ2n) is 5.43. The Morgan fingerprint density at radius 3 is 2.73 bits per heavy atom. The molecule has 4 nitrogen and oxygen atoms in total. The van der Waals surface area contributed by atoms with Gasteiger partial charge in [-0.15, -0.1) is 0 Å². The van der Waals surface area contributed by atoms with Crippen LogP contribution in [0, 0.1) is 0 Å². The summed E-state index contributed by atoms with van der Waals surface area (Å²) in [6, 6.07) is 16.9. The lowest BCUT2D eigenvalue weighted by atomic mass is 10.00. The number of rotatable bonds is 4. The summed E-state index contributed by atoms with van der Waals surface area (Å²) in [7, 11) is 0. The van der Waals surface area contributed by atoms with E-state index in [-0.39, 0.29) is 18.4 Å². The van der Waals surface area contributed by atoms with Crippen LogP contribution in [0.5, 0.6) is 5.75 Å². The van der Waals surface area contributed by atoms with Gasteiger partial charge in [0.05, 0.1) is 25.2 Å². The van der Waals surface area contributed by atoms with Crippen LogP contribution >= 0.6 is 0 Å². The van der Waals surface area contributed by atoms with Gasteiger partial charge in [-0.25, -0.2) is 0 Å². The molecule has 0 radical (unpaired) electrons. The van der Waals surface area contributed by atoms with E-state index in [4.69, 9.17) is 4.74 Å². The van der Waals surface area contributed by atoms with Crippen molar-refractivity contribution in [3.8, 4) is 5.75 Å². The van der Waals surface area contributed by atoms with Crippen LogP contribution in [-0.2, 0) is 4.79 Å². The fraction of sp³-hybridized carbons (Fsp3) is 0.278. The SMILES string of the molecule is O=C(CC(O)c1ccccc1)NC1CCOc2ccccc21. The van der Waals surface area contributed by atoms with Gasteiger partial charge in [0.25, 0.3) is 0 Å². The normalized spacial score (nSPS) is 18.0. The summed E-state index contributed by atoms with van der Waals surface area (Å²) in [6.07, 6.45) is 0.0181. The molecule has 1 aliphatic rings. The van der Waals surface area contributed by atoms with Gasteiger partial charge in [-0.2, -0.15) is 0 Å². The Hall–Kier alpha value is -2.33. The van der Waals surface area contributed by atoms with Gasteiger partial charge in [0.2, 0.25) is 5.91 Å². The molecule has 2 atom stereocenters. The van der Waals surface area contributed by atoms with E-state index in [0.717, 1.165) is 23.3 Å². The fourth-order valence-corrected chi connectivity index (χ4v) is 2.71. The summed E-state index contributed by atoms with van der Waals surface area (Å²) in [5, 5.41) is 13.1. The first kappa shape index (κ1) is 14.6. The van der Waals surface area contributed by atoms with Crippen LogP contribution in [-0.4, -0.2) is 17.6 Å². The highest BCUT2D eigenvalue weighted by Gasteiger charge is 2.23. The predicted octanol–water partition coefficient (Wildman–Crippen LogP) is 2.75. The highest BCUT2D eigenvalue weighted by Crippen LogP contribution is 2.31. The fourth-order valence-electron chi connectivity index (χ4n) is 2.71. The van der Waals surface area contributed by atoms with Crippen LogP contribution in [0.25, 0.3) is 0 Å². The number of benzene rings is 2. The third-order valence-corrected chi connectivity index (χ3v) is 3.86. The van der Waals surface area contributed by atoms with Gasteiger partial charge in [0.1, 0.15) is 5.75 Å². The Bertz CT molecular complexity index is 642. The monoisotopic (exact) mass is 297 g/mol. The molecule has 0 bridgehead atoms. The molecule has 3 rings (SSSR count). The van der Waals surface area contributed by atoms with Crippen molar-refractivity contribution in [2.24, 2.45) is 0 Å². The molecule has 0 spiro atoms. The highest BCUT2D eigenvalue weighted by molar-refractivity contribution is 5.77. The van der Waals surface area contributed by atoms with E-state index < -0.39 is 6.10 Å². The first-order valence-electron chi connectivity index (χ1n) is 7.48. The molecule has 0 aromatic heterocycles. The molecule has 1 amide bonds. The lowest BCUT2D eigenvalue weighted by Crippen LogP contribution is -2.32. The molecule has 1 heterocycles. The minimum Gasteiger partial charge on any atom is -0.493 e. The number of aliphatic hydroxyl groups excluding tert-OH is 1. The van der Waals surface area contributed by atoms with Crippen molar-refractivity contribution >= 4 is 5.91 Å². The standard InChI is InChI=1S/C18H19NO3/c20-16(13-6-2-1-3-7-13)12-18(21)19-15-10-11-22-17-9-5-4-8-14(15)17/h1-9,15-16,20H,10-12H2,(H,19,21). The van der Waals surface area contributed by atoms with Gasteiger partial charge in [0, 0.05) is 12.0 Å². The molecule has 22 heavy (non-hydrogen) atoms. The van der Waals surface area contributed by atoms with E-state index in [1.165, 1.54) is 0 Å². The Morgan fingerprint density at radius 2 is 1.91 bits per heavy atom. The van der Waals surface area contributed by atoms with Gasteiger partial charge in [-0.3, -0.25) is 4.79 Å². The second-order valence-corrected chi connectivity index (χ2v) is 5.43. The number of hydrogen-bond donors (Lipinski definition) is 2. The molecule has 2 unspecified atom stereocenters. The molecule has 114 valence electrons. The molecule has 0 fully saturated rings. The van der Waals surface area contributed by atoms with Gasteiger partial charge in [-0.05, 0) is 11.6 Å². The summed E-state index contributed by atoms with van der Waals surface area (Å²) in [5.74, 6) is 0.667. The van der Waals surface area contributed by atoms with E-state index in [9.17, 15) is 9.90 Å². The largest absolute Gasteiger partial charge is 0.493 e. The summed E-state index contributed by atoms with van der Waals surface area (Å²) in [4.78, 5) is 12.2. The molecule has 2 aromatic rings. The van der Waals surface area contributed by atoms with Crippen LogP contribution in [0.3, 0.4) is 0 Å². The molecule has 0 aliphatic carbocycles. The third-order valence-electron chi connectivity index (χ3n) is 3.86. The molecule has 0 saturated heterocycles.